The van der Waals surface area contributed by atoms with E-state index in [4.69, 9.17) is 11.6 Å². The molecule has 1 N–H and O–H groups in total. The maximum atomic E-state index is 9.44. The Hall–Kier alpha value is -1.84. The van der Waals surface area contributed by atoms with Crippen molar-refractivity contribution in [1.82, 2.24) is 9.55 Å². The smallest absolute Gasteiger partial charge is 0.136 e. The van der Waals surface area contributed by atoms with E-state index in [1.165, 1.54) is 0 Å². The molecule has 0 unspecified atom stereocenters. The van der Waals surface area contributed by atoms with Crippen LogP contribution in [0.1, 0.15) is 11.4 Å². The van der Waals surface area contributed by atoms with Gasteiger partial charge in [0.2, 0.25) is 0 Å². The molecule has 0 bridgehead atoms. The first-order valence-electron chi connectivity index (χ1n) is 6.07. The standard InChI is InChI=1S/C15H13ClN2O/c16-12-5-3-4-11(8-12)9-18-14-7-2-1-6-13(14)17-15(18)10-19/h1-8,19H,9-10H2. The van der Waals surface area contributed by atoms with E-state index in [0.29, 0.717) is 17.4 Å². The summed E-state index contributed by atoms with van der Waals surface area (Å²) in [5, 5.41) is 10.2. The van der Waals surface area contributed by atoms with Gasteiger partial charge in [-0.3, -0.25) is 0 Å². The van der Waals surface area contributed by atoms with E-state index in [2.05, 4.69) is 4.98 Å². The van der Waals surface area contributed by atoms with Gasteiger partial charge in [0.05, 0.1) is 11.0 Å². The first-order chi connectivity index (χ1) is 9.28. The zero-order valence-corrected chi connectivity index (χ0v) is 11.0. The second-order valence-corrected chi connectivity index (χ2v) is 4.83. The number of para-hydroxylation sites is 2. The van der Waals surface area contributed by atoms with Crippen molar-refractivity contribution in [2.45, 2.75) is 13.2 Å². The molecule has 0 aliphatic heterocycles. The maximum absolute atomic E-state index is 9.44. The quantitative estimate of drug-likeness (QED) is 0.795. The van der Waals surface area contributed by atoms with Crippen LogP contribution in [-0.4, -0.2) is 14.7 Å². The lowest BCUT2D eigenvalue weighted by Crippen LogP contribution is -2.05. The maximum Gasteiger partial charge on any atom is 0.136 e. The van der Waals surface area contributed by atoms with Crippen LogP contribution < -0.4 is 0 Å². The number of aliphatic hydroxyl groups excluding tert-OH is 1. The fraction of sp³-hybridized carbons (Fsp3) is 0.133. The number of aliphatic hydroxyl groups is 1. The van der Waals surface area contributed by atoms with Crippen molar-refractivity contribution in [2.75, 3.05) is 0 Å². The molecule has 0 saturated heterocycles. The van der Waals surface area contributed by atoms with Crippen molar-refractivity contribution in [3.63, 3.8) is 0 Å². The Kier molecular flexibility index (Phi) is 3.23. The van der Waals surface area contributed by atoms with E-state index in [0.717, 1.165) is 16.6 Å². The van der Waals surface area contributed by atoms with Crippen LogP contribution in [0.4, 0.5) is 0 Å². The molecule has 2 aromatic carbocycles. The third-order valence-corrected chi connectivity index (χ3v) is 3.34. The number of rotatable bonds is 3. The Labute approximate surface area is 116 Å². The minimum atomic E-state index is -0.0742. The van der Waals surface area contributed by atoms with Crippen LogP contribution in [-0.2, 0) is 13.2 Å². The number of imidazole rings is 1. The molecule has 0 spiro atoms. The molecule has 1 heterocycles. The summed E-state index contributed by atoms with van der Waals surface area (Å²) in [6.07, 6.45) is 0. The summed E-state index contributed by atoms with van der Waals surface area (Å²) in [4.78, 5) is 4.43. The molecule has 3 rings (SSSR count). The fourth-order valence-electron chi connectivity index (χ4n) is 2.24. The lowest BCUT2D eigenvalue weighted by molar-refractivity contribution is 0.267. The largest absolute Gasteiger partial charge is 0.388 e. The average molecular weight is 273 g/mol. The van der Waals surface area contributed by atoms with Crippen LogP contribution in [0.15, 0.2) is 48.5 Å². The minimum Gasteiger partial charge on any atom is -0.388 e. The first kappa shape index (κ1) is 12.2. The van der Waals surface area contributed by atoms with E-state index in [-0.39, 0.29) is 6.61 Å². The number of hydrogen-bond acceptors (Lipinski definition) is 2. The van der Waals surface area contributed by atoms with Gasteiger partial charge in [-0.25, -0.2) is 4.98 Å². The van der Waals surface area contributed by atoms with E-state index >= 15 is 0 Å². The Morgan fingerprint density at radius 1 is 1.11 bits per heavy atom. The number of nitrogens with zero attached hydrogens (tertiary/aromatic N) is 2. The molecule has 0 fully saturated rings. The van der Waals surface area contributed by atoms with Crippen LogP contribution in [0.5, 0.6) is 0 Å². The zero-order chi connectivity index (χ0) is 13.2. The van der Waals surface area contributed by atoms with Crippen molar-refractivity contribution in [2.24, 2.45) is 0 Å². The van der Waals surface area contributed by atoms with Crippen molar-refractivity contribution < 1.29 is 5.11 Å². The number of halogens is 1. The Morgan fingerprint density at radius 2 is 1.95 bits per heavy atom. The summed E-state index contributed by atoms with van der Waals surface area (Å²) < 4.78 is 2.01. The van der Waals surface area contributed by atoms with Gasteiger partial charge in [-0.05, 0) is 29.8 Å². The third-order valence-electron chi connectivity index (χ3n) is 3.10. The molecule has 1 aromatic heterocycles. The third kappa shape index (κ3) is 2.35. The number of aromatic nitrogens is 2. The molecule has 96 valence electrons. The molecule has 0 aliphatic carbocycles. The average Bonchev–Trinajstić information content (AvgIpc) is 2.77. The highest BCUT2D eigenvalue weighted by molar-refractivity contribution is 6.30. The topological polar surface area (TPSA) is 38.1 Å². The van der Waals surface area contributed by atoms with Crippen LogP contribution >= 0.6 is 11.6 Å². The predicted octanol–water partition coefficient (Wildman–Crippen LogP) is 3.23. The monoisotopic (exact) mass is 272 g/mol. The van der Waals surface area contributed by atoms with Crippen molar-refractivity contribution in [3.05, 3.63) is 64.9 Å². The summed E-state index contributed by atoms with van der Waals surface area (Å²) in [6, 6.07) is 15.6. The number of benzene rings is 2. The second kappa shape index (κ2) is 5.03. The second-order valence-electron chi connectivity index (χ2n) is 4.39. The molecule has 0 aliphatic rings. The van der Waals surface area contributed by atoms with Gasteiger partial charge in [0, 0.05) is 11.6 Å². The Morgan fingerprint density at radius 3 is 2.74 bits per heavy atom. The summed E-state index contributed by atoms with van der Waals surface area (Å²) in [5.74, 6) is 0.668. The molecule has 3 aromatic rings. The Bertz CT molecular complexity index is 721. The van der Waals surface area contributed by atoms with Gasteiger partial charge in [0.25, 0.3) is 0 Å². The first-order valence-corrected chi connectivity index (χ1v) is 6.45. The molecule has 0 saturated carbocycles. The molecule has 4 heteroatoms. The molecule has 19 heavy (non-hydrogen) atoms. The van der Waals surface area contributed by atoms with Gasteiger partial charge < -0.3 is 9.67 Å². The van der Waals surface area contributed by atoms with Crippen LogP contribution in [0, 0.1) is 0 Å². The van der Waals surface area contributed by atoms with Gasteiger partial charge in [0.1, 0.15) is 12.4 Å². The van der Waals surface area contributed by atoms with Crippen LogP contribution in [0.2, 0.25) is 5.02 Å². The van der Waals surface area contributed by atoms with Gasteiger partial charge in [-0.1, -0.05) is 35.9 Å². The summed E-state index contributed by atoms with van der Waals surface area (Å²) in [5.41, 5.74) is 3.01. The Balaban J connectivity index is 2.08. The minimum absolute atomic E-state index is 0.0742. The molecule has 0 radical (unpaired) electrons. The highest BCUT2D eigenvalue weighted by Gasteiger charge is 2.09. The molecular formula is C15H13ClN2O. The highest BCUT2D eigenvalue weighted by Crippen LogP contribution is 2.19. The van der Waals surface area contributed by atoms with E-state index in [9.17, 15) is 5.11 Å². The molecule has 0 atom stereocenters. The summed E-state index contributed by atoms with van der Waals surface area (Å²) in [6.45, 7) is 0.576. The van der Waals surface area contributed by atoms with Gasteiger partial charge in [0.15, 0.2) is 0 Å². The van der Waals surface area contributed by atoms with Crippen molar-refractivity contribution in [3.8, 4) is 0 Å². The van der Waals surface area contributed by atoms with Gasteiger partial charge in [-0.2, -0.15) is 0 Å². The summed E-state index contributed by atoms with van der Waals surface area (Å²) >= 11 is 6.00. The lowest BCUT2D eigenvalue weighted by atomic mass is 10.2. The van der Waals surface area contributed by atoms with Crippen LogP contribution in [0.25, 0.3) is 11.0 Å². The normalized spacial score (nSPS) is 11.1. The molecule has 0 amide bonds. The molecule has 3 nitrogen and oxygen atoms in total. The highest BCUT2D eigenvalue weighted by atomic mass is 35.5. The van der Waals surface area contributed by atoms with Crippen molar-refractivity contribution in [1.29, 1.82) is 0 Å². The van der Waals surface area contributed by atoms with Gasteiger partial charge >= 0.3 is 0 Å². The number of hydrogen-bond donors (Lipinski definition) is 1. The zero-order valence-electron chi connectivity index (χ0n) is 10.3. The van der Waals surface area contributed by atoms with Crippen LogP contribution in [0.3, 0.4) is 0 Å². The van der Waals surface area contributed by atoms with E-state index in [1.54, 1.807) is 0 Å². The lowest BCUT2D eigenvalue weighted by Gasteiger charge is -2.08. The molecular weight excluding hydrogens is 260 g/mol. The fourth-order valence-corrected chi connectivity index (χ4v) is 2.45. The number of fused-ring (bicyclic) bond motifs is 1. The van der Waals surface area contributed by atoms with E-state index < -0.39 is 0 Å². The predicted molar refractivity (Wildman–Crippen MR) is 76.2 cm³/mol. The van der Waals surface area contributed by atoms with E-state index in [1.807, 2.05) is 53.1 Å². The summed E-state index contributed by atoms with van der Waals surface area (Å²) in [7, 11) is 0. The van der Waals surface area contributed by atoms with Gasteiger partial charge in [-0.15, -0.1) is 0 Å². The SMILES string of the molecule is OCc1nc2ccccc2n1Cc1cccc(Cl)c1. The van der Waals surface area contributed by atoms with Crippen molar-refractivity contribution >= 4 is 22.6 Å².